The molecule has 26 heavy (non-hydrogen) atoms. The fourth-order valence-electron chi connectivity index (χ4n) is 3.31. The van der Waals surface area contributed by atoms with Gasteiger partial charge in [0.1, 0.15) is 6.10 Å². The molecule has 0 aliphatic heterocycles. The Balaban J connectivity index is 2.70. The summed E-state index contributed by atoms with van der Waals surface area (Å²) in [5.74, 6) is 0. The van der Waals surface area contributed by atoms with Gasteiger partial charge in [-0.25, -0.2) is 0 Å². The zero-order valence-electron chi connectivity index (χ0n) is 17.8. The molecule has 4 heteroatoms. The molecule has 0 aromatic heterocycles. The van der Waals surface area contributed by atoms with Gasteiger partial charge in [0.05, 0.1) is 18.3 Å². The van der Waals surface area contributed by atoms with Gasteiger partial charge in [-0.3, -0.25) is 0 Å². The van der Waals surface area contributed by atoms with Gasteiger partial charge in [0.2, 0.25) is 0 Å². The average molecular weight is 373 g/mol. The third-order valence-electron chi connectivity index (χ3n) is 5.04. The van der Waals surface area contributed by atoms with Crippen LogP contribution in [0.4, 0.5) is 0 Å². The van der Waals surface area contributed by atoms with E-state index in [9.17, 15) is 0 Å². The second kappa shape index (κ2) is 15.9. The normalized spacial score (nSPS) is 26.3. The number of hydrogen-bond acceptors (Lipinski definition) is 4. The summed E-state index contributed by atoms with van der Waals surface area (Å²) in [6.07, 6.45) is 11.3. The Bertz CT molecular complexity index is 291. The summed E-state index contributed by atoms with van der Waals surface area (Å²) >= 11 is 0. The summed E-state index contributed by atoms with van der Waals surface area (Å²) in [5, 5.41) is 0. The van der Waals surface area contributed by atoms with Crippen molar-refractivity contribution in [2.45, 2.75) is 116 Å². The monoisotopic (exact) mass is 372 g/mol. The highest BCUT2D eigenvalue weighted by Crippen LogP contribution is 2.30. The van der Waals surface area contributed by atoms with Gasteiger partial charge in [-0.05, 0) is 25.7 Å². The van der Waals surface area contributed by atoms with Crippen LogP contribution in [0.1, 0.15) is 91.9 Å². The van der Waals surface area contributed by atoms with Crippen molar-refractivity contribution in [1.29, 1.82) is 0 Å². The van der Waals surface area contributed by atoms with Crippen LogP contribution in [0.5, 0.6) is 0 Å². The van der Waals surface area contributed by atoms with E-state index in [1.54, 1.807) is 0 Å². The molecule has 0 radical (unpaired) electrons. The summed E-state index contributed by atoms with van der Waals surface area (Å²) in [5.41, 5.74) is 0. The minimum absolute atomic E-state index is 0.0429. The van der Waals surface area contributed by atoms with Gasteiger partial charge >= 0.3 is 0 Å². The fraction of sp³-hybridized carbons (Fsp3) is 1.00. The Labute approximate surface area is 162 Å². The molecule has 0 bridgehead atoms. The zero-order valence-corrected chi connectivity index (χ0v) is 17.8. The fourth-order valence-corrected chi connectivity index (χ4v) is 3.31. The van der Waals surface area contributed by atoms with Crippen molar-refractivity contribution in [3.8, 4) is 0 Å². The van der Waals surface area contributed by atoms with E-state index in [0.717, 1.165) is 84.2 Å². The van der Waals surface area contributed by atoms with Crippen LogP contribution in [0.15, 0.2) is 0 Å². The lowest BCUT2D eigenvalue weighted by Crippen LogP contribution is -2.51. The second-order valence-electron chi connectivity index (χ2n) is 7.53. The first-order chi connectivity index (χ1) is 12.8. The highest BCUT2D eigenvalue weighted by atomic mass is 16.6. The molecule has 0 aromatic carbocycles. The van der Waals surface area contributed by atoms with Crippen LogP contribution in [0.25, 0.3) is 0 Å². The van der Waals surface area contributed by atoms with Crippen LogP contribution in [0.3, 0.4) is 0 Å². The third-order valence-corrected chi connectivity index (χ3v) is 5.04. The Morgan fingerprint density at radius 3 is 1.35 bits per heavy atom. The van der Waals surface area contributed by atoms with E-state index < -0.39 is 0 Å². The maximum atomic E-state index is 6.28. The van der Waals surface area contributed by atoms with Gasteiger partial charge in [-0.1, -0.05) is 53.4 Å². The quantitative estimate of drug-likeness (QED) is 0.334. The van der Waals surface area contributed by atoms with Crippen molar-refractivity contribution in [2.75, 3.05) is 26.4 Å². The van der Waals surface area contributed by atoms with E-state index in [0.29, 0.717) is 0 Å². The number of unbranched alkanes of at least 4 members (excludes halogenated alkanes) is 4. The molecule has 0 aromatic rings. The standard InChI is InChI=1S/C22H44O4/c1-5-9-13-23-19-17-20(24-14-10-6-2)22(26-16-12-8-4)21(18-19)25-15-11-7-3/h19-22H,5-18H2,1-4H3/t19?,20-,21+,22?. The molecule has 0 spiro atoms. The van der Waals surface area contributed by atoms with E-state index in [4.69, 9.17) is 18.9 Å². The number of hydrogen-bond donors (Lipinski definition) is 0. The van der Waals surface area contributed by atoms with Gasteiger partial charge < -0.3 is 18.9 Å². The molecule has 1 saturated carbocycles. The lowest BCUT2D eigenvalue weighted by atomic mass is 9.89. The Hall–Kier alpha value is -0.160. The summed E-state index contributed by atoms with van der Waals surface area (Å²) in [4.78, 5) is 0. The molecule has 0 N–H and O–H groups in total. The number of ether oxygens (including phenoxy) is 4. The second-order valence-corrected chi connectivity index (χ2v) is 7.53. The molecule has 4 nitrogen and oxygen atoms in total. The summed E-state index contributed by atoms with van der Waals surface area (Å²) in [6.45, 7) is 12.0. The van der Waals surface area contributed by atoms with Crippen molar-refractivity contribution in [2.24, 2.45) is 0 Å². The maximum absolute atomic E-state index is 6.28. The lowest BCUT2D eigenvalue weighted by molar-refractivity contribution is -0.186. The first-order valence-corrected chi connectivity index (χ1v) is 11.2. The van der Waals surface area contributed by atoms with E-state index in [1.165, 1.54) is 6.42 Å². The Morgan fingerprint density at radius 2 is 0.923 bits per heavy atom. The van der Waals surface area contributed by atoms with Gasteiger partial charge in [0.25, 0.3) is 0 Å². The van der Waals surface area contributed by atoms with Crippen LogP contribution >= 0.6 is 0 Å². The van der Waals surface area contributed by atoms with Crippen molar-refractivity contribution < 1.29 is 18.9 Å². The Kier molecular flexibility index (Phi) is 14.6. The predicted octanol–water partition coefficient (Wildman–Crippen LogP) is 5.52. The number of rotatable bonds is 16. The minimum atomic E-state index is 0.0429. The summed E-state index contributed by atoms with van der Waals surface area (Å²) in [7, 11) is 0. The van der Waals surface area contributed by atoms with Gasteiger partial charge in [0.15, 0.2) is 0 Å². The van der Waals surface area contributed by atoms with Crippen LogP contribution in [-0.4, -0.2) is 50.8 Å². The van der Waals surface area contributed by atoms with Crippen molar-refractivity contribution in [3.05, 3.63) is 0 Å². The molecule has 1 rings (SSSR count). The molecule has 1 aliphatic rings. The van der Waals surface area contributed by atoms with E-state index in [2.05, 4.69) is 27.7 Å². The van der Waals surface area contributed by atoms with E-state index in [-0.39, 0.29) is 24.4 Å². The largest absolute Gasteiger partial charge is 0.378 e. The smallest absolute Gasteiger partial charge is 0.110 e. The van der Waals surface area contributed by atoms with Crippen LogP contribution in [0, 0.1) is 0 Å². The molecule has 1 aliphatic carbocycles. The highest BCUT2D eigenvalue weighted by Gasteiger charge is 2.40. The van der Waals surface area contributed by atoms with Crippen molar-refractivity contribution in [3.63, 3.8) is 0 Å². The van der Waals surface area contributed by atoms with Crippen LogP contribution in [-0.2, 0) is 18.9 Å². The van der Waals surface area contributed by atoms with Gasteiger partial charge in [-0.15, -0.1) is 0 Å². The first kappa shape index (κ1) is 23.9. The summed E-state index contributed by atoms with van der Waals surface area (Å²) < 4.78 is 24.9. The molecule has 0 amide bonds. The predicted molar refractivity (Wildman–Crippen MR) is 108 cm³/mol. The molecule has 1 fully saturated rings. The van der Waals surface area contributed by atoms with Crippen LogP contribution < -0.4 is 0 Å². The zero-order chi connectivity index (χ0) is 19.0. The maximum Gasteiger partial charge on any atom is 0.110 e. The van der Waals surface area contributed by atoms with E-state index in [1.807, 2.05) is 0 Å². The lowest BCUT2D eigenvalue weighted by Gasteiger charge is -2.41. The van der Waals surface area contributed by atoms with Crippen molar-refractivity contribution in [1.82, 2.24) is 0 Å². The Morgan fingerprint density at radius 1 is 0.538 bits per heavy atom. The highest BCUT2D eigenvalue weighted by molar-refractivity contribution is 4.90. The first-order valence-electron chi connectivity index (χ1n) is 11.2. The molecular formula is C22H44O4. The average Bonchev–Trinajstić information content (AvgIpc) is 2.64. The molecule has 0 saturated heterocycles. The SMILES string of the molecule is CCCCOC1C[C@H](OCCCC)C(OCCCC)[C@H](OCCCC)C1. The molecule has 2 unspecified atom stereocenters. The third kappa shape index (κ3) is 9.68. The molecular weight excluding hydrogens is 328 g/mol. The van der Waals surface area contributed by atoms with Crippen molar-refractivity contribution >= 4 is 0 Å². The topological polar surface area (TPSA) is 36.9 Å². The van der Waals surface area contributed by atoms with Gasteiger partial charge in [0, 0.05) is 39.3 Å². The van der Waals surface area contributed by atoms with E-state index >= 15 is 0 Å². The molecule has 156 valence electrons. The summed E-state index contributed by atoms with van der Waals surface area (Å²) in [6, 6.07) is 0. The molecule has 4 atom stereocenters. The van der Waals surface area contributed by atoms with Crippen LogP contribution in [0.2, 0.25) is 0 Å². The minimum Gasteiger partial charge on any atom is -0.378 e. The molecule has 0 heterocycles. The van der Waals surface area contributed by atoms with Gasteiger partial charge in [-0.2, -0.15) is 0 Å².